The Kier molecular flexibility index (Phi) is 6.75. The predicted octanol–water partition coefficient (Wildman–Crippen LogP) is 0.137. The summed E-state index contributed by atoms with van der Waals surface area (Å²) in [6.07, 6.45) is 1.77. The number of fused-ring (bicyclic) bond motifs is 1. The van der Waals surface area contributed by atoms with E-state index in [9.17, 15) is 4.79 Å². The van der Waals surface area contributed by atoms with Crippen molar-refractivity contribution in [1.29, 1.82) is 0 Å². The lowest BCUT2D eigenvalue weighted by Gasteiger charge is -2.06. The van der Waals surface area contributed by atoms with Gasteiger partial charge in [-0.25, -0.2) is 0 Å². The second kappa shape index (κ2) is 8.34. The monoisotopic (exact) mass is 299 g/mol. The summed E-state index contributed by atoms with van der Waals surface area (Å²) in [5.74, 6) is -0.184. The minimum Gasteiger partial charge on any atom is -0.385 e. The molecule has 0 aliphatic heterocycles. The highest BCUT2D eigenvalue weighted by Crippen LogP contribution is 2.07. The molecule has 1 aromatic carbocycles. The average molecular weight is 300 g/mol. The molecule has 0 unspecified atom stereocenters. The van der Waals surface area contributed by atoms with Gasteiger partial charge in [0.25, 0.3) is 5.91 Å². The summed E-state index contributed by atoms with van der Waals surface area (Å²) in [7, 11) is 0. The maximum Gasteiger partial charge on any atom is 0.260 e. The van der Waals surface area contributed by atoms with Gasteiger partial charge in [0.1, 0.15) is 11.0 Å². The molecular weight excluding hydrogens is 282 g/mol. The number of nitrogens with two attached hydrogens (primary N) is 1. The number of amides is 1. The number of nitrogens with zero attached hydrogens (tertiary/aromatic N) is 3. The average Bonchev–Trinajstić information content (AvgIpc) is 2.85. The maximum atomic E-state index is 11.5. The lowest BCUT2D eigenvalue weighted by molar-refractivity contribution is -0.126. The van der Waals surface area contributed by atoms with Gasteiger partial charge in [0, 0.05) is 6.54 Å². The van der Waals surface area contributed by atoms with E-state index < -0.39 is 0 Å². The van der Waals surface area contributed by atoms with Crippen LogP contribution in [-0.2, 0) is 4.79 Å². The van der Waals surface area contributed by atoms with Crippen LogP contribution in [0.2, 0.25) is 0 Å². The molecule has 20 heavy (non-hydrogen) atoms. The van der Waals surface area contributed by atoms with Gasteiger partial charge in [0.05, 0.1) is 0 Å². The summed E-state index contributed by atoms with van der Waals surface area (Å²) in [5, 5.41) is 10.5. The minimum atomic E-state index is -0.184. The second-order valence-corrected chi connectivity index (χ2v) is 4.07. The van der Waals surface area contributed by atoms with Gasteiger partial charge in [-0.15, -0.1) is 17.5 Å². The number of para-hydroxylation sites is 1. The zero-order valence-electron chi connectivity index (χ0n) is 11.0. The molecule has 0 aliphatic carbocycles. The molecule has 1 heterocycles. The van der Waals surface area contributed by atoms with Gasteiger partial charge < -0.3 is 15.9 Å². The smallest absolute Gasteiger partial charge is 0.260 e. The molecule has 8 heteroatoms. The third-order valence-corrected chi connectivity index (χ3v) is 2.59. The normalized spacial score (nSPS) is 10.1. The lowest BCUT2D eigenvalue weighted by atomic mass is 10.3. The zero-order valence-corrected chi connectivity index (χ0v) is 11.8. The van der Waals surface area contributed by atoms with Gasteiger partial charge in [0.15, 0.2) is 6.61 Å². The quantitative estimate of drug-likeness (QED) is 0.709. The Labute approximate surface area is 122 Å². The van der Waals surface area contributed by atoms with Gasteiger partial charge in [-0.05, 0) is 36.7 Å². The van der Waals surface area contributed by atoms with Gasteiger partial charge >= 0.3 is 0 Å². The van der Waals surface area contributed by atoms with Crippen molar-refractivity contribution in [1.82, 2.24) is 20.5 Å². The van der Waals surface area contributed by atoms with Crippen LogP contribution in [0.25, 0.3) is 11.0 Å². The molecule has 0 saturated carbocycles. The van der Waals surface area contributed by atoms with Gasteiger partial charge in [-0.2, -0.15) is 0 Å². The van der Waals surface area contributed by atoms with Crippen molar-refractivity contribution in [2.75, 3.05) is 19.7 Å². The number of rotatable bonds is 7. The number of nitrogens with one attached hydrogen (secondary N) is 1. The fraction of sp³-hybridized carbons (Fsp3) is 0.417. The number of benzene rings is 1. The molecule has 0 fully saturated rings. The van der Waals surface area contributed by atoms with E-state index in [1.165, 1.54) is 4.85 Å². The van der Waals surface area contributed by atoms with Crippen molar-refractivity contribution in [2.24, 2.45) is 5.73 Å². The summed E-state index contributed by atoms with van der Waals surface area (Å²) in [6, 6.07) is 7.38. The summed E-state index contributed by atoms with van der Waals surface area (Å²) < 4.78 is 0. The molecule has 0 aliphatic rings. The molecular formula is C12H18ClN5O2. The first-order valence-corrected chi connectivity index (χ1v) is 6.22. The van der Waals surface area contributed by atoms with Crippen LogP contribution in [0.5, 0.6) is 0 Å². The molecule has 1 amide bonds. The lowest BCUT2D eigenvalue weighted by Crippen LogP contribution is -2.32. The number of hydrogen-bond acceptors (Lipinski definition) is 5. The second-order valence-electron chi connectivity index (χ2n) is 4.07. The Morgan fingerprint density at radius 2 is 2.15 bits per heavy atom. The van der Waals surface area contributed by atoms with E-state index in [0.717, 1.165) is 23.9 Å². The van der Waals surface area contributed by atoms with Gasteiger partial charge in [-0.1, -0.05) is 17.0 Å². The van der Waals surface area contributed by atoms with Gasteiger partial charge in [-0.3, -0.25) is 4.79 Å². The van der Waals surface area contributed by atoms with E-state index in [-0.39, 0.29) is 24.9 Å². The van der Waals surface area contributed by atoms with Gasteiger partial charge in [0.2, 0.25) is 0 Å². The van der Waals surface area contributed by atoms with E-state index in [1.54, 1.807) is 0 Å². The fourth-order valence-electron chi connectivity index (χ4n) is 1.61. The largest absolute Gasteiger partial charge is 0.385 e. The molecule has 2 aromatic rings. The van der Waals surface area contributed by atoms with Crippen molar-refractivity contribution in [3.63, 3.8) is 0 Å². The van der Waals surface area contributed by atoms with Crippen molar-refractivity contribution < 1.29 is 9.63 Å². The van der Waals surface area contributed by atoms with Crippen molar-refractivity contribution in [3.05, 3.63) is 24.3 Å². The van der Waals surface area contributed by atoms with Crippen LogP contribution in [0.1, 0.15) is 12.8 Å². The van der Waals surface area contributed by atoms with Crippen molar-refractivity contribution in [3.8, 4) is 0 Å². The Balaban J connectivity index is 0.00000200. The first-order chi connectivity index (χ1) is 9.31. The van der Waals surface area contributed by atoms with E-state index in [0.29, 0.717) is 13.1 Å². The van der Waals surface area contributed by atoms with Crippen LogP contribution >= 0.6 is 12.4 Å². The Hall–Kier alpha value is -1.86. The number of carbonyl (C=O) groups excluding carboxylic acids is 1. The molecule has 110 valence electrons. The number of unbranched alkanes of at least 4 members (excludes halogenated alkanes) is 1. The molecule has 2 rings (SSSR count). The van der Waals surface area contributed by atoms with Crippen LogP contribution in [0, 0.1) is 0 Å². The Morgan fingerprint density at radius 1 is 1.35 bits per heavy atom. The first-order valence-electron chi connectivity index (χ1n) is 6.22. The Bertz CT molecular complexity index is 545. The van der Waals surface area contributed by atoms with Crippen molar-refractivity contribution in [2.45, 2.75) is 12.8 Å². The molecule has 3 N–H and O–H groups in total. The van der Waals surface area contributed by atoms with E-state index >= 15 is 0 Å². The zero-order chi connectivity index (χ0) is 13.5. The maximum absolute atomic E-state index is 11.5. The van der Waals surface area contributed by atoms with Crippen molar-refractivity contribution >= 4 is 29.3 Å². The molecule has 1 aromatic heterocycles. The first kappa shape index (κ1) is 16.2. The SMILES string of the molecule is Cl.NCCCCNC(=O)COn1nnc2ccccc21. The molecule has 0 atom stereocenters. The van der Waals surface area contributed by atoms with Crippen LogP contribution in [0.3, 0.4) is 0 Å². The van der Waals surface area contributed by atoms with Crippen LogP contribution in [0.15, 0.2) is 24.3 Å². The summed E-state index contributed by atoms with van der Waals surface area (Å²) >= 11 is 0. The fourth-order valence-corrected chi connectivity index (χ4v) is 1.61. The highest BCUT2D eigenvalue weighted by molar-refractivity contribution is 5.85. The highest BCUT2D eigenvalue weighted by Gasteiger charge is 2.06. The summed E-state index contributed by atoms with van der Waals surface area (Å²) in [5.41, 5.74) is 6.83. The van der Waals surface area contributed by atoms with Crippen LogP contribution in [0.4, 0.5) is 0 Å². The van der Waals surface area contributed by atoms with E-state index in [2.05, 4.69) is 15.6 Å². The molecule has 0 saturated heterocycles. The van der Waals surface area contributed by atoms with Crippen LogP contribution < -0.4 is 15.9 Å². The number of hydrogen-bond donors (Lipinski definition) is 2. The molecule has 0 radical (unpaired) electrons. The summed E-state index contributed by atoms with van der Waals surface area (Å²) in [4.78, 5) is 18.1. The molecule has 0 bridgehead atoms. The van der Waals surface area contributed by atoms with E-state index in [4.69, 9.17) is 10.6 Å². The third-order valence-electron chi connectivity index (χ3n) is 2.59. The number of carbonyl (C=O) groups is 1. The number of aromatic nitrogens is 3. The highest BCUT2D eigenvalue weighted by atomic mass is 35.5. The molecule has 0 spiro atoms. The topological polar surface area (TPSA) is 95.1 Å². The predicted molar refractivity (Wildman–Crippen MR) is 77.5 cm³/mol. The number of halogens is 1. The molecule has 7 nitrogen and oxygen atoms in total. The minimum absolute atomic E-state index is 0. The van der Waals surface area contributed by atoms with E-state index in [1.807, 2.05) is 24.3 Å². The van der Waals surface area contributed by atoms with Crippen LogP contribution in [-0.4, -0.2) is 40.8 Å². The third kappa shape index (κ3) is 4.36. The standard InChI is InChI=1S/C12H17N5O2.ClH/c13-7-3-4-8-14-12(18)9-19-17-11-6-2-1-5-10(11)15-16-17;/h1-2,5-6H,3-4,7-9,13H2,(H,14,18);1H. The Morgan fingerprint density at radius 3 is 2.95 bits per heavy atom. The summed E-state index contributed by atoms with van der Waals surface area (Å²) in [6.45, 7) is 1.16.